The zero-order valence-corrected chi connectivity index (χ0v) is 13.1. The number of hydrogen-bond donors (Lipinski definition) is 1. The molecule has 0 radical (unpaired) electrons. The van der Waals surface area contributed by atoms with Crippen LogP contribution in [0.5, 0.6) is 0 Å². The molecule has 0 aromatic heterocycles. The number of rotatable bonds is 11. The summed E-state index contributed by atoms with van der Waals surface area (Å²) < 4.78 is 5.20. The molecule has 2 unspecified atom stereocenters. The van der Waals surface area contributed by atoms with Crippen molar-refractivity contribution in [3.05, 3.63) is 0 Å². The lowest BCUT2D eigenvalue weighted by molar-refractivity contribution is 0.117. The summed E-state index contributed by atoms with van der Waals surface area (Å²) in [6, 6.07) is 0.637. The van der Waals surface area contributed by atoms with Gasteiger partial charge in [0.05, 0.1) is 6.61 Å². The molecule has 0 amide bonds. The minimum absolute atomic E-state index is 0.637. The summed E-state index contributed by atoms with van der Waals surface area (Å²) in [5.74, 6) is 1.41. The minimum atomic E-state index is 0.637. The molecule has 0 aromatic rings. The number of nitrogens with zero attached hydrogens (tertiary/aromatic N) is 1. The Morgan fingerprint density at radius 2 is 1.83 bits per heavy atom. The van der Waals surface area contributed by atoms with Crippen molar-refractivity contribution in [3.8, 4) is 0 Å². The van der Waals surface area contributed by atoms with Gasteiger partial charge in [0.25, 0.3) is 0 Å². The SMILES string of the molecule is CCC(C)N(CCOC)CCC(CN)CC(C)C. The molecular weight excluding hydrogens is 224 g/mol. The standard InChI is InChI=1S/C15H34N2O/c1-6-14(4)17(9-10-18-5)8-7-15(12-16)11-13(2)3/h13-15H,6-12,16H2,1-5H3. The number of methoxy groups -OCH3 is 1. The minimum Gasteiger partial charge on any atom is -0.383 e. The highest BCUT2D eigenvalue weighted by Crippen LogP contribution is 2.16. The Morgan fingerprint density at radius 1 is 1.17 bits per heavy atom. The van der Waals surface area contributed by atoms with Crippen LogP contribution in [0.15, 0.2) is 0 Å². The fourth-order valence-electron chi connectivity index (χ4n) is 2.37. The van der Waals surface area contributed by atoms with E-state index in [0.29, 0.717) is 12.0 Å². The van der Waals surface area contributed by atoms with Crippen molar-refractivity contribution in [1.82, 2.24) is 4.90 Å². The molecule has 110 valence electrons. The maximum absolute atomic E-state index is 5.87. The molecule has 0 rings (SSSR count). The van der Waals surface area contributed by atoms with Gasteiger partial charge >= 0.3 is 0 Å². The Labute approximate surface area is 114 Å². The van der Waals surface area contributed by atoms with Gasteiger partial charge in [-0.2, -0.15) is 0 Å². The molecule has 3 heteroatoms. The van der Waals surface area contributed by atoms with E-state index in [1.807, 2.05) is 0 Å². The maximum Gasteiger partial charge on any atom is 0.0589 e. The molecule has 0 aliphatic rings. The number of nitrogens with two attached hydrogens (primary N) is 1. The van der Waals surface area contributed by atoms with Gasteiger partial charge in [0.15, 0.2) is 0 Å². The van der Waals surface area contributed by atoms with Crippen molar-refractivity contribution in [2.45, 2.75) is 53.0 Å². The van der Waals surface area contributed by atoms with E-state index < -0.39 is 0 Å². The van der Waals surface area contributed by atoms with E-state index in [0.717, 1.165) is 32.2 Å². The molecule has 0 aliphatic heterocycles. The molecule has 3 nitrogen and oxygen atoms in total. The van der Waals surface area contributed by atoms with E-state index in [-0.39, 0.29) is 0 Å². The molecule has 2 N–H and O–H groups in total. The first-order chi connectivity index (χ1) is 8.54. The van der Waals surface area contributed by atoms with Gasteiger partial charge in [-0.05, 0) is 51.1 Å². The smallest absolute Gasteiger partial charge is 0.0589 e. The monoisotopic (exact) mass is 258 g/mol. The van der Waals surface area contributed by atoms with E-state index in [9.17, 15) is 0 Å². The number of hydrogen-bond acceptors (Lipinski definition) is 3. The predicted molar refractivity (Wildman–Crippen MR) is 79.8 cm³/mol. The first-order valence-electron chi connectivity index (χ1n) is 7.48. The third-order valence-corrected chi connectivity index (χ3v) is 3.76. The van der Waals surface area contributed by atoms with Crippen molar-refractivity contribution in [2.24, 2.45) is 17.6 Å². The average molecular weight is 258 g/mol. The van der Waals surface area contributed by atoms with Crippen LogP contribution in [-0.2, 0) is 4.74 Å². The summed E-state index contributed by atoms with van der Waals surface area (Å²) in [5, 5.41) is 0. The van der Waals surface area contributed by atoms with Gasteiger partial charge in [-0.1, -0.05) is 20.8 Å². The lowest BCUT2D eigenvalue weighted by Crippen LogP contribution is -2.37. The van der Waals surface area contributed by atoms with Gasteiger partial charge in [0, 0.05) is 19.7 Å². The Hall–Kier alpha value is -0.120. The average Bonchev–Trinajstić information content (AvgIpc) is 2.35. The van der Waals surface area contributed by atoms with Gasteiger partial charge in [-0.3, -0.25) is 4.90 Å². The summed E-state index contributed by atoms with van der Waals surface area (Å²) in [7, 11) is 1.77. The van der Waals surface area contributed by atoms with E-state index in [2.05, 4.69) is 32.6 Å². The van der Waals surface area contributed by atoms with Crippen LogP contribution in [0.1, 0.15) is 47.0 Å². The van der Waals surface area contributed by atoms with Gasteiger partial charge in [-0.15, -0.1) is 0 Å². The predicted octanol–water partition coefficient (Wildman–Crippen LogP) is 2.74. The lowest BCUT2D eigenvalue weighted by atomic mass is 9.94. The second-order valence-electron chi connectivity index (χ2n) is 5.81. The van der Waals surface area contributed by atoms with E-state index in [1.165, 1.54) is 19.3 Å². The molecule has 0 spiro atoms. The molecule has 0 bridgehead atoms. The topological polar surface area (TPSA) is 38.5 Å². The van der Waals surface area contributed by atoms with E-state index in [4.69, 9.17) is 10.5 Å². The highest BCUT2D eigenvalue weighted by atomic mass is 16.5. The van der Waals surface area contributed by atoms with Crippen molar-refractivity contribution in [1.29, 1.82) is 0 Å². The third kappa shape index (κ3) is 8.06. The third-order valence-electron chi connectivity index (χ3n) is 3.76. The normalized spacial score (nSPS) is 15.3. The molecule has 2 atom stereocenters. The first kappa shape index (κ1) is 17.9. The van der Waals surface area contributed by atoms with Gasteiger partial charge in [-0.25, -0.2) is 0 Å². The van der Waals surface area contributed by atoms with Crippen molar-refractivity contribution in [3.63, 3.8) is 0 Å². The van der Waals surface area contributed by atoms with Gasteiger partial charge in [0.2, 0.25) is 0 Å². The fraction of sp³-hybridized carbons (Fsp3) is 1.00. The van der Waals surface area contributed by atoms with Crippen LogP contribution in [-0.4, -0.2) is 44.3 Å². The van der Waals surface area contributed by atoms with Crippen LogP contribution >= 0.6 is 0 Å². The van der Waals surface area contributed by atoms with Crippen LogP contribution in [0.3, 0.4) is 0 Å². The zero-order valence-electron chi connectivity index (χ0n) is 13.1. The largest absolute Gasteiger partial charge is 0.383 e. The summed E-state index contributed by atoms with van der Waals surface area (Å²) in [4.78, 5) is 2.53. The Balaban J connectivity index is 4.13. The van der Waals surface area contributed by atoms with Crippen molar-refractivity contribution in [2.75, 3.05) is 33.4 Å². The zero-order chi connectivity index (χ0) is 14.0. The molecule has 0 heterocycles. The second kappa shape index (κ2) is 10.8. The van der Waals surface area contributed by atoms with Crippen LogP contribution in [0.25, 0.3) is 0 Å². The molecule has 0 aliphatic carbocycles. The number of ether oxygens (including phenoxy) is 1. The van der Waals surface area contributed by atoms with E-state index >= 15 is 0 Å². The molecular formula is C15H34N2O. The lowest BCUT2D eigenvalue weighted by Gasteiger charge is -2.30. The molecule has 0 aromatic carbocycles. The molecule has 18 heavy (non-hydrogen) atoms. The van der Waals surface area contributed by atoms with E-state index in [1.54, 1.807) is 7.11 Å². The Kier molecular flexibility index (Phi) is 10.7. The molecule has 0 fully saturated rings. The summed E-state index contributed by atoms with van der Waals surface area (Å²) in [6.45, 7) is 12.9. The van der Waals surface area contributed by atoms with Crippen LogP contribution < -0.4 is 5.73 Å². The van der Waals surface area contributed by atoms with Gasteiger partial charge in [0.1, 0.15) is 0 Å². The van der Waals surface area contributed by atoms with Crippen molar-refractivity contribution < 1.29 is 4.74 Å². The second-order valence-corrected chi connectivity index (χ2v) is 5.81. The Bertz CT molecular complexity index is 185. The van der Waals surface area contributed by atoms with Crippen LogP contribution in [0, 0.1) is 11.8 Å². The van der Waals surface area contributed by atoms with Gasteiger partial charge < -0.3 is 10.5 Å². The Morgan fingerprint density at radius 3 is 2.28 bits per heavy atom. The highest BCUT2D eigenvalue weighted by molar-refractivity contribution is 4.70. The van der Waals surface area contributed by atoms with Crippen LogP contribution in [0.2, 0.25) is 0 Å². The van der Waals surface area contributed by atoms with Crippen LogP contribution in [0.4, 0.5) is 0 Å². The summed E-state index contributed by atoms with van der Waals surface area (Å²) >= 11 is 0. The quantitative estimate of drug-likeness (QED) is 0.619. The summed E-state index contributed by atoms with van der Waals surface area (Å²) in [6.07, 6.45) is 3.65. The fourth-order valence-corrected chi connectivity index (χ4v) is 2.37. The van der Waals surface area contributed by atoms with Crippen molar-refractivity contribution >= 4 is 0 Å². The molecule has 0 saturated heterocycles. The molecule has 0 saturated carbocycles. The maximum atomic E-state index is 5.87. The summed E-state index contributed by atoms with van der Waals surface area (Å²) in [5.41, 5.74) is 5.87. The first-order valence-corrected chi connectivity index (χ1v) is 7.48. The highest BCUT2D eigenvalue weighted by Gasteiger charge is 2.15.